The third-order valence-corrected chi connectivity index (χ3v) is 4.05. The Labute approximate surface area is 109 Å². The van der Waals surface area contributed by atoms with Crippen molar-refractivity contribution in [2.45, 2.75) is 11.3 Å². The van der Waals surface area contributed by atoms with Crippen LogP contribution in [0.5, 0.6) is 0 Å². The third-order valence-electron chi connectivity index (χ3n) is 4.05. The highest BCUT2D eigenvalue weighted by atomic mass is 16.4. The number of para-hydroxylation sites is 1. The third kappa shape index (κ3) is 0.971. The van der Waals surface area contributed by atoms with E-state index in [1.54, 1.807) is 48.5 Å². The van der Waals surface area contributed by atoms with Crippen molar-refractivity contribution in [3.63, 3.8) is 0 Å². The molecule has 2 aromatic carbocycles. The van der Waals surface area contributed by atoms with Crippen LogP contribution in [0.1, 0.15) is 21.5 Å². The van der Waals surface area contributed by atoms with Crippen LogP contribution in [-0.4, -0.2) is 16.0 Å². The van der Waals surface area contributed by atoms with Gasteiger partial charge in [0, 0.05) is 22.4 Å². The molecule has 0 fully saturated rings. The molecule has 94 valence electrons. The van der Waals surface area contributed by atoms with E-state index < -0.39 is 17.1 Å². The van der Waals surface area contributed by atoms with Crippen molar-refractivity contribution in [1.29, 1.82) is 0 Å². The van der Waals surface area contributed by atoms with E-state index in [0.29, 0.717) is 22.4 Å². The predicted octanol–water partition coefficient (Wildman–Crippen LogP) is 1.34. The Morgan fingerprint density at radius 2 is 1.53 bits per heavy atom. The minimum absolute atomic E-state index is 0.356. The molecule has 1 aliphatic heterocycles. The summed E-state index contributed by atoms with van der Waals surface area (Å²) in [6, 6.07) is 13.7. The van der Waals surface area contributed by atoms with Crippen LogP contribution in [-0.2, 0) is 11.3 Å². The molecule has 2 aliphatic rings. The van der Waals surface area contributed by atoms with E-state index in [0.717, 1.165) is 0 Å². The van der Waals surface area contributed by atoms with Crippen molar-refractivity contribution in [2.75, 3.05) is 5.32 Å². The summed E-state index contributed by atoms with van der Waals surface area (Å²) in [7, 11) is 0. The number of hydrogen-bond acceptors (Lipinski definition) is 4. The Kier molecular flexibility index (Phi) is 1.72. The molecule has 1 heterocycles. The summed E-state index contributed by atoms with van der Waals surface area (Å²) in [5.74, 6) is -0.469. The van der Waals surface area contributed by atoms with E-state index >= 15 is 0 Å². The molecule has 3 N–H and O–H groups in total. The van der Waals surface area contributed by atoms with E-state index in [1.165, 1.54) is 0 Å². The van der Waals surface area contributed by atoms with E-state index in [-0.39, 0.29) is 0 Å². The lowest BCUT2D eigenvalue weighted by Gasteiger charge is -2.30. The second-order valence-corrected chi connectivity index (χ2v) is 4.97. The van der Waals surface area contributed by atoms with Gasteiger partial charge in [0.1, 0.15) is 0 Å². The molecule has 1 aliphatic carbocycles. The number of hydrogen-bond donors (Lipinski definition) is 3. The van der Waals surface area contributed by atoms with Crippen molar-refractivity contribution < 1.29 is 15.0 Å². The maximum absolute atomic E-state index is 12.5. The molecule has 0 amide bonds. The number of benzene rings is 2. The van der Waals surface area contributed by atoms with Crippen molar-refractivity contribution in [3.05, 3.63) is 65.2 Å². The second kappa shape index (κ2) is 3.04. The highest BCUT2D eigenvalue weighted by Gasteiger charge is 2.67. The predicted molar refractivity (Wildman–Crippen MR) is 68.6 cm³/mol. The van der Waals surface area contributed by atoms with Crippen LogP contribution in [0, 0.1) is 0 Å². The molecule has 0 saturated carbocycles. The van der Waals surface area contributed by atoms with E-state index in [4.69, 9.17) is 0 Å². The highest BCUT2D eigenvalue weighted by Crippen LogP contribution is 2.56. The van der Waals surface area contributed by atoms with E-state index in [1.807, 2.05) is 0 Å². The average molecular weight is 253 g/mol. The van der Waals surface area contributed by atoms with Crippen LogP contribution in [0.4, 0.5) is 5.69 Å². The summed E-state index contributed by atoms with van der Waals surface area (Å²) in [5, 5.41) is 24.6. The fourth-order valence-electron chi connectivity index (χ4n) is 3.13. The zero-order valence-electron chi connectivity index (χ0n) is 9.92. The molecule has 4 nitrogen and oxygen atoms in total. The number of carbonyl (C=O) groups is 1. The maximum atomic E-state index is 12.5. The molecule has 19 heavy (non-hydrogen) atoms. The summed E-state index contributed by atoms with van der Waals surface area (Å²) < 4.78 is 0. The molecule has 4 heteroatoms. The van der Waals surface area contributed by atoms with Crippen LogP contribution < -0.4 is 5.32 Å². The Hall–Kier alpha value is -2.17. The molecule has 0 aromatic heterocycles. The fraction of sp³-hybridized carbons (Fsp3) is 0.133. The molecule has 0 radical (unpaired) electrons. The Bertz CT molecular complexity index is 727. The number of carbonyl (C=O) groups excluding carboxylic acids is 1. The molecule has 4 rings (SSSR count). The number of anilines is 1. The fourth-order valence-corrected chi connectivity index (χ4v) is 3.13. The lowest BCUT2D eigenvalue weighted by Crippen LogP contribution is -2.49. The summed E-state index contributed by atoms with van der Waals surface area (Å²) in [6.07, 6.45) is 0. The van der Waals surface area contributed by atoms with Gasteiger partial charge in [-0.25, -0.2) is 0 Å². The van der Waals surface area contributed by atoms with E-state index in [9.17, 15) is 15.0 Å². The first-order valence-electron chi connectivity index (χ1n) is 6.06. The van der Waals surface area contributed by atoms with Gasteiger partial charge in [0.05, 0.1) is 0 Å². The molecule has 2 atom stereocenters. The standard InChI is InChI=1S/C15H11NO3/c17-13-9-5-1-2-6-10(9)15(19)14(13,18)11-7-3-4-8-12(11)16-15/h1-8,16,18-19H. The lowest BCUT2D eigenvalue weighted by atomic mass is 9.87. The normalized spacial score (nSPS) is 30.5. The van der Waals surface area contributed by atoms with Gasteiger partial charge in [0.15, 0.2) is 0 Å². The number of aliphatic hydroxyl groups is 2. The lowest BCUT2D eigenvalue weighted by molar-refractivity contribution is -0.101. The van der Waals surface area contributed by atoms with Crippen molar-refractivity contribution >= 4 is 11.5 Å². The number of fused-ring (bicyclic) bond motifs is 5. The molecule has 0 spiro atoms. The average Bonchev–Trinajstić information content (AvgIpc) is 2.77. The van der Waals surface area contributed by atoms with Crippen LogP contribution in [0.2, 0.25) is 0 Å². The minimum Gasteiger partial charge on any atom is -0.373 e. The van der Waals surface area contributed by atoms with Crippen LogP contribution in [0.15, 0.2) is 48.5 Å². The molecule has 2 unspecified atom stereocenters. The second-order valence-electron chi connectivity index (χ2n) is 4.97. The van der Waals surface area contributed by atoms with Gasteiger partial charge in [0.25, 0.3) is 0 Å². The Morgan fingerprint density at radius 1 is 0.895 bits per heavy atom. The number of rotatable bonds is 0. The van der Waals surface area contributed by atoms with Gasteiger partial charge in [-0.2, -0.15) is 0 Å². The van der Waals surface area contributed by atoms with Crippen molar-refractivity contribution in [1.82, 2.24) is 0 Å². The topological polar surface area (TPSA) is 69.6 Å². The van der Waals surface area contributed by atoms with Crippen molar-refractivity contribution in [2.24, 2.45) is 0 Å². The Balaban J connectivity index is 2.08. The zero-order valence-corrected chi connectivity index (χ0v) is 9.92. The van der Waals surface area contributed by atoms with E-state index in [2.05, 4.69) is 5.32 Å². The van der Waals surface area contributed by atoms with Crippen LogP contribution in [0.3, 0.4) is 0 Å². The number of nitrogens with one attached hydrogen (secondary N) is 1. The molecular formula is C15H11NO3. The molecule has 0 bridgehead atoms. The first-order chi connectivity index (χ1) is 9.09. The van der Waals surface area contributed by atoms with Gasteiger partial charge in [-0.05, 0) is 6.07 Å². The quantitative estimate of drug-likeness (QED) is 0.662. The number of ketones is 1. The summed E-state index contributed by atoms with van der Waals surface area (Å²) >= 11 is 0. The van der Waals surface area contributed by atoms with Crippen LogP contribution >= 0.6 is 0 Å². The van der Waals surface area contributed by atoms with Gasteiger partial charge in [-0.1, -0.05) is 42.5 Å². The summed E-state index contributed by atoms with van der Waals surface area (Å²) in [4.78, 5) is 12.5. The summed E-state index contributed by atoms with van der Waals surface area (Å²) in [6.45, 7) is 0. The monoisotopic (exact) mass is 253 g/mol. The minimum atomic E-state index is -1.95. The van der Waals surface area contributed by atoms with Gasteiger partial charge >= 0.3 is 0 Å². The maximum Gasteiger partial charge on any atom is 0.207 e. The summed E-state index contributed by atoms with van der Waals surface area (Å²) in [5.41, 5.74) is -1.97. The van der Waals surface area contributed by atoms with Gasteiger partial charge in [0.2, 0.25) is 17.1 Å². The molecule has 2 aromatic rings. The largest absolute Gasteiger partial charge is 0.373 e. The molecular weight excluding hydrogens is 242 g/mol. The first kappa shape index (κ1) is 10.7. The Morgan fingerprint density at radius 3 is 2.32 bits per heavy atom. The SMILES string of the molecule is O=C1c2ccccc2C2(O)Nc3ccccc3C12O. The van der Waals surface area contributed by atoms with Gasteiger partial charge < -0.3 is 15.5 Å². The highest BCUT2D eigenvalue weighted by molar-refractivity contribution is 6.11. The van der Waals surface area contributed by atoms with Crippen molar-refractivity contribution in [3.8, 4) is 0 Å². The van der Waals surface area contributed by atoms with Gasteiger partial charge in [-0.15, -0.1) is 0 Å². The molecule has 0 saturated heterocycles. The smallest absolute Gasteiger partial charge is 0.207 e. The first-order valence-corrected chi connectivity index (χ1v) is 6.06. The number of Topliss-reactive ketones (excluding diaryl/α,β-unsaturated/α-hetero) is 1. The zero-order chi connectivity index (χ0) is 13.3. The van der Waals surface area contributed by atoms with Crippen LogP contribution in [0.25, 0.3) is 0 Å². The van der Waals surface area contributed by atoms with Gasteiger partial charge in [-0.3, -0.25) is 4.79 Å².